The maximum absolute atomic E-state index is 12.0. The molecule has 0 unspecified atom stereocenters. The summed E-state index contributed by atoms with van der Waals surface area (Å²) in [5.41, 5.74) is 5.87. The van der Waals surface area contributed by atoms with Crippen LogP contribution in [0, 0.1) is 6.92 Å². The number of carbonyl (C=O) groups is 3. The molecule has 2 aromatic rings. The molecule has 0 aliphatic heterocycles. The van der Waals surface area contributed by atoms with E-state index in [0.29, 0.717) is 5.75 Å². The molecule has 2 amide bonds. The summed E-state index contributed by atoms with van der Waals surface area (Å²) in [5.74, 6) is -1.03. The number of ether oxygens (including phenoxy) is 2. The van der Waals surface area contributed by atoms with Gasteiger partial charge in [0.05, 0.1) is 12.7 Å². The molecule has 0 spiro atoms. The molecule has 0 atom stereocenters. The van der Waals surface area contributed by atoms with E-state index in [1.54, 1.807) is 18.2 Å². The van der Waals surface area contributed by atoms with Crippen molar-refractivity contribution < 1.29 is 23.9 Å². The number of hydrogen-bond donors (Lipinski definition) is 2. The van der Waals surface area contributed by atoms with E-state index in [4.69, 9.17) is 4.74 Å². The molecule has 7 nitrogen and oxygen atoms in total. The van der Waals surface area contributed by atoms with Crippen molar-refractivity contribution in [2.24, 2.45) is 0 Å². The Labute approximate surface area is 144 Å². The Kier molecular flexibility index (Phi) is 6.11. The van der Waals surface area contributed by atoms with Gasteiger partial charge in [-0.1, -0.05) is 24.3 Å². The maximum atomic E-state index is 12.0. The molecule has 7 heteroatoms. The molecule has 25 heavy (non-hydrogen) atoms. The van der Waals surface area contributed by atoms with Crippen LogP contribution in [0.5, 0.6) is 5.75 Å². The summed E-state index contributed by atoms with van der Waals surface area (Å²) in [6.07, 6.45) is 0. The smallest absolute Gasteiger partial charge is 0.337 e. The first-order chi connectivity index (χ1) is 12.0. The van der Waals surface area contributed by atoms with Crippen molar-refractivity contribution in [2.45, 2.75) is 6.92 Å². The van der Waals surface area contributed by atoms with Gasteiger partial charge in [-0.15, -0.1) is 0 Å². The highest BCUT2D eigenvalue weighted by Gasteiger charge is 2.12. The monoisotopic (exact) mass is 342 g/mol. The molecular formula is C18H18N2O5. The first-order valence-corrected chi connectivity index (χ1v) is 7.47. The summed E-state index contributed by atoms with van der Waals surface area (Å²) in [7, 11) is 1.25. The third kappa shape index (κ3) is 5.07. The highest BCUT2D eigenvalue weighted by molar-refractivity contribution is 5.98. The molecule has 0 saturated carbocycles. The van der Waals surface area contributed by atoms with Crippen molar-refractivity contribution in [1.29, 1.82) is 0 Å². The Morgan fingerprint density at radius 3 is 2.40 bits per heavy atom. The van der Waals surface area contributed by atoms with Crippen molar-refractivity contribution in [2.75, 3.05) is 13.7 Å². The lowest BCUT2D eigenvalue weighted by Gasteiger charge is -2.10. The van der Waals surface area contributed by atoms with E-state index in [1.165, 1.54) is 25.3 Å². The zero-order valence-corrected chi connectivity index (χ0v) is 13.9. The second-order valence-corrected chi connectivity index (χ2v) is 5.13. The third-order valence-electron chi connectivity index (χ3n) is 3.31. The van der Waals surface area contributed by atoms with Gasteiger partial charge in [0.25, 0.3) is 11.8 Å². The van der Waals surface area contributed by atoms with Crippen LogP contribution in [0.1, 0.15) is 26.3 Å². The summed E-state index contributed by atoms with van der Waals surface area (Å²) in [4.78, 5) is 35.2. The molecule has 2 rings (SSSR count). The van der Waals surface area contributed by atoms with Gasteiger partial charge >= 0.3 is 5.97 Å². The number of rotatable bonds is 5. The molecular weight excluding hydrogens is 324 g/mol. The fraction of sp³-hybridized carbons (Fsp3) is 0.167. The minimum Gasteiger partial charge on any atom is -0.483 e. The molecule has 0 radical (unpaired) electrons. The van der Waals surface area contributed by atoms with E-state index in [-0.39, 0.29) is 17.7 Å². The highest BCUT2D eigenvalue weighted by Crippen LogP contribution is 2.15. The van der Waals surface area contributed by atoms with Crippen LogP contribution in [0.4, 0.5) is 0 Å². The number of carbonyl (C=O) groups excluding carboxylic acids is 3. The minimum atomic E-state index is -0.560. The molecule has 130 valence electrons. The average molecular weight is 342 g/mol. The fourth-order valence-corrected chi connectivity index (χ4v) is 2.00. The van der Waals surface area contributed by atoms with E-state index < -0.39 is 17.8 Å². The topological polar surface area (TPSA) is 93.7 Å². The molecule has 0 fully saturated rings. The van der Waals surface area contributed by atoms with Gasteiger partial charge in [0.15, 0.2) is 6.61 Å². The summed E-state index contributed by atoms with van der Waals surface area (Å²) < 4.78 is 9.97. The van der Waals surface area contributed by atoms with Crippen molar-refractivity contribution in [3.63, 3.8) is 0 Å². The van der Waals surface area contributed by atoms with Crippen molar-refractivity contribution in [3.8, 4) is 5.75 Å². The van der Waals surface area contributed by atoms with E-state index in [2.05, 4.69) is 15.6 Å². The molecule has 0 heterocycles. The van der Waals surface area contributed by atoms with Gasteiger partial charge in [0.1, 0.15) is 5.75 Å². The molecule has 0 aliphatic carbocycles. The van der Waals surface area contributed by atoms with E-state index in [0.717, 1.165) is 5.56 Å². The van der Waals surface area contributed by atoms with Crippen LogP contribution in [0.25, 0.3) is 0 Å². The number of methoxy groups -OCH3 is 1. The van der Waals surface area contributed by atoms with E-state index >= 15 is 0 Å². The number of esters is 1. The Morgan fingerprint density at radius 1 is 0.960 bits per heavy atom. The number of amides is 2. The van der Waals surface area contributed by atoms with E-state index in [9.17, 15) is 14.4 Å². The van der Waals surface area contributed by atoms with Crippen LogP contribution in [0.15, 0.2) is 48.5 Å². The van der Waals surface area contributed by atoms with Crippen molar-refractivity contribution >= 4 is 17.8 Å². The van der Waals surface area contributed by atoms with Crippen LogP contribution in [0.3, 0.4) is 0 Å². The average Bonchev–Trinajstić information content (AvgIpc) is 2.64. The normalized spacial score (nSPS) is 9.84. The molecule has 2 aromatic carbocycles. The van der Waals surface area contributed by atoms with Gasteiger partial charge in [-0.05, 0) is 36.8 Å². The zero-order chi connectivity index (χ0) is 18.2. The Hall–Kier alpha value is -3.35. The van der Waals surface area contributed by atoms with Gasteiger partial charge in [-0.2, -0.15) is 0 Å². The lowest BCUT2D eigenvalue weighted by atomic mass is 10.1. The number of benzene rings is 2. The molecule has 0 aromatic heterocycles. The number of aryl methyl sites for hydroxylation is 1. The lowest BCUT2D eigenvalue weighted by Crippen LogP contribution is -2.43. The summed E-state index contributed by atoms with van der Waals surface area (Å²) >= 11 is 0. The van der Waals surface area contributed by atoms with Gasteiger partial charge in [0, 0.05) is 5.56 Å². The number of para-hydroxylation sites is 1. The highest BCUT2D eigenvalue weighted by atomic mass is 16.5. The maximum Gasteiger partial charge on any atom is 0.337 e. The number of hydrazine groups is 1. The zero-order valence-electron chi connectivity index (χ0n) is 13.9. The lowest BCUT2D eigenvalue weighted by molar-refractivity contribution is -0.123. The molecule has 0 aliphatic rings. The Morgan fingerprint density at radius 2 is 1.68 bits per heavy atom. The second kappa shape index (κ2) is 8.49. The predicted octanol–water partition coefficient (Wildman–Crippen LogP) is 1.62. The minimum absolute atomic E-state index is 0.211. The SMILES string of the molecule is COC(=O)c1cccc(C(=O)NNC(=O)COc2ccccc2C)c1. The Balaban J connectivity index is 1.86. The fourth-order valence-electron chi connectivity index (χ4n) is 2.00. The van der Waals surface area contributed by atoms with E-state index in [1.807, 2.05) is 19.1 Å². The summed E-state index contributed by atoms with van der Waals surface area (Å²) in [5, 5.41) is 0. The van der Waals surface area contributed by atoms with Gasteiger partial charge < -0.3 is 9.47 Å². The summed E-state index contributed by atoms with van der Waals surface area (Å²) in [6.45, 7) is 1.62. The van der Waals surface area contributed by atoms with Crippen LogP contribution in [-0.4, -0.2) is 31.5 Å². The van der Waals surface area contributed by atoms with Gasteiger partial charge in [0.2, 0.25) is 0 Å². The second-order valence-electron chi connectivity index (χ2n) is 5.13. The third-order valence-corrected chi connectivity index (χ3v) is 3.31. The summed E-state index contributed by atoms with van der Waals surface area (Å²) in [6, 6.07) is 13.2. The first-order valence-electron chi connectivity index (χ1n) is 7.47. The Bertz CT molecular complexity index is 789. The molecule has 0 saturated heterocycles. The van der Waals surface area contributed by atoms with Crippen LogP contribution < -0.4 is 15.6 Å². The van der Waals surface area contributed by atoms with Crippen LogP contribution in [0.2, 0.25) is 0 Å². The van der Waals surface area contributed by atoms with Crippen molar-refractivity contribution in [3.05, 3.63) is 65.2 Å². The molecule has 0 bridgehead atoms. The quantitative estimate of drug-likeness (QED) is 0.636. The first kappa shape index (κ1) is 18.0. The molecule has 2 N–H and O–H groups in total. The van der Waals surface area contributed by atoms with Crippen molar-refractivity contribution in [1.82, 2.24) is 10.9 Å². The van der Waals surface area contributed by atoms with Crippen LogP contribution >= 0.6 is 0 Å². The van der Waals surface area contributed by atoms with Gasteiger partial charge in [-0.3, -0.25) is 20.4 Å². The largest absolute Gasteiger partial charge is 0.483 e. The van der Waals surface area contributed by atoms with Crippen LogP contribution in [-0.2, 0) is 9.53 Å². The number of nitrogens with one attached hydrogen (secondary N) is 2. The van der Waals surface area contributed by atoms with Gasteiger partial charge in [-0.25, -0.2) is 4.79 Å². The standard InChI is InChI=1S/C18H18N2O5/c1-12-6-3-4-9-15(12)25-11-16(21)19-20-17(22)13-7-5-8-14(10-13)18(23)24-2/h3-10H,11H2,1-2H3,(H,19,21)(H,20,22). The number of hydrogen-bond acceptors (Lipinski definition) is 5. The predicted molar refractivity (Wildman–Crippen MR) is 90.1 cm³/mol.